The molecule has 0 bridgehead atoms. The van der Waals surface area contributed by atoms with Crippen LogP contribution in [0.25, 0.3) is 0 Å². The number of nitrogens with zero attached hydrogens (tertiary/aromatic N) is 1. The van der Waals surface area contributed by atoms with Crippen molar-refractivity contribution in [1.82, 2.24) is 0 Å². The van der Waals surface area contributed by atoms with E-state index in [-0.39, 0.29) is 17.9 Å². The van der Waals surface area contributed by atoms with Crippen LogP contribution < -0.4 is 10.5 Å². The van der Waals surface area contributed by atoms with E-state index in [2.05, 4.69) is 15.9 Å². The highest BCUT2D eigenvalue weighted by Crippen LogP contribution is 2.15. The van der Waals surface area contributed by atoms with Gasteiger partial charge in [0.2, 0.25) is 5.78 Å². The first-order valence-corrected chi connectivity index (χ1v) is 6.67. The summed E-state index contributed by atoms with van der Waals surface area (Å²) in [6.07, 6.45) is 0. The molecule has 0 saturated heterocycles. The second-order valence-corrected chi connectivity index (χ2v) is 4.91. The van der Waals surface area contributed by atoms with E-state index >= 15 is 0 Å². The molecule has 1 aromatic rings. The number of hydrogen-bond acceptors (Lipinski definition) is 6. The first-order valence-electron chi connectivity index (χ1n) is 5.87. The fourth-order valence-corrected chi connectivity index (χ4v) is 1.57. The molecule has 0 atom stereocenters. The van der Waals surface area contributed by atoms with Gasteiger partial charge in [0.1, 0.15) is 17.4 Å². The van der Waals surface area contributed by atoms with Gasteiger partial charge < -0.3 is 15.2 Å². The third-order valence-corrected chi connectivity index (χ3v) is 2.85. The molecule has 7 heteroatoms. The molecular weight excluding hydrogens is 340 g/mol. The van der Waals surface area contributed by atoms with E-state index in [1.807, 2.05) is 0 Å². The molecule has 0 aromatic heterocycles. The van der Waals surface area contributed by atoms with Crippen molar-refractivity contribution >= 4 is 27.7 Å². The van der Waals surface area contributed by atoms with Gasteiger partial charge in [-0.1, -0.05) is 15.9 Å². The summed E-state index contributed by atoms with van der Waals surface area (Å²) in [6, 6.07) is 8.55. The lowest BCUT2D eigenvalue weighted by Crippen LogP contribution is -2.21. The number of halogens is 1. The second-order valence-electron chi connectivity index (χ2n) is 4.00. The van der Waals surface area contributed by atoms with Crippen LogP contribution in [0.1, 0.15) is 6.92 Å². The Labute approximate surface area is 130 Å². The molecule has 0 amide bonds. The van der Waals surface area contributed by atoms with Crippen LogP contribution in [0, 0.1) is 11.3 Å². The van der Waals surface area contributed by atoms with Crippen LogP contribution in [-0.2, 0) is 14.3 Å². The number of nitrogens with two attached hydrogens (primary N) is 1. The molecule has 0 aliphatic rings. The number of carbonyl (C=O) groups excluding carboxylic acids is 2. The molecular formula is C14H13BrN2O4. The predicted octanol–water partition coefficient (Wildman–Crippen LogP) is 1.70. The van der Waals surface area contributed by atoms with Gasteiger partial charge in [-0.25, -0.2) is 4.79 Å². The number of carbonyl (C=O) groups is 2. The van der Waals surface area contributed by atoms with Crippen molar-refractivity contribution in [3.8, 4) is 11.8 Å². The van der Waals surface area contributed by atoms with E-state index in [9.17, 15) is 9.59 Å². The van der Waals surface area contributed by atoms with Crippen LogP contribution in [-0.4, -0.2) is 25.0 Å². The summed E-state index contributed by atoms with van der Waals surface area (Å²) in [4.78, 5) is 23.0. The summed E-state index contributed by atoms with van der Waals surface area (Å²) in [5.41, 5.74) is 5.24. The zero-order valence-electron chi connectivity index (χ0n) is 11.3. The van der Waals surface area contributed by atoms with E-state index in [4.69, 9.17) is 20.5 Å². The molecule has 21 heavy (non-hydrogen) atoms. The highest BCUT2D eigenvalue weighted by atomic mass is 79.9. The summed E-state index contributed by atoms with van der Waals surface area (Å²) in [6.45, 7) is 0.553. The first kappa shape index (κ1) is 16.7. The Kier molecular flexibility index (Phi) is 6.43. The van der Waals surface area contributed by atoms with E-state index < -0.39 is 18.4 Å². The lowest BCUT2D eigenvalue weighted by molar-refractivity contribution is -0.149. The topological polar surface area (TPSA) is 102 Å². The molecule has 0 unspecified atom stereocenters. The van der Waals surface area contributed by atoms with Crippen LogP contribution in [0.2, 0.25) is 0 Å². The van der Waals surface area contributed by atoms with Crippen LogP contribution in [0.4, 0.5) is 0 Å². The van der Waals surface area contributed by atoms with Gasteiger partial charge in [0.25, 0.3) is 0 Å². The van der Waals surface area contributed by atoms with Crippen LogP contribution in [0.15, 0.2) is 40.0 Å². The lowest BCUT2D eigenvalue weighted by Gasteiger charge is -2.06. The quantitative estimate of drug-likeness (QED) is 0.474. The minimum Gasteiger partial charge on any atom is -0.482 e. The number of ether oxygens (including phenoxy) is 2. The Morgan fingerprint density at radius 3 is 2.43 bits per heavy atom. The van der Waals surface area contributed by atoms with E-state index in [1.165, 1.54) is 6.92 Å². The summed E-state index contributed by atoms with van der Waals surface area (Å²) in [5, 5.41) is 8.73. The Bertz CT molecular complexity index is 598. The zero-order valence-corrected chi connectivity index (χ0v) is 12.8. The van der Waals surface area contributed by atoms with Crippen LogP contribution in [0.3, 0.4) is 0 Å². The number of Topliss-reactive ketones (excluding diaryl/α,β-unsaturated/α-hetero) is 1. The van der Waals surface area contributed by atoms with Crippen molar-refractivity contribution in [1.29, 1.82) is 5.26 Å². The Morgan fingerprint density at radius 1 is 1.29 bits per heavy atom. The highest BCUT2D eigenvalue weighted by Gasteiger charge is 2.14. The van der Waals surface area contributed by atoms with Gasteiger partial charge in [-0.3, -0.25) is 4.79 Å². The maximum atomic E-state index is 11.5. The summed E-state index contributed by atoms with van der Waals surface area (Å²) < 4.78 is 10.8. The number of nitriles is 1. The maximum Gasteiger partial charge on any atom is 0.344 e. The van der Waals surface area contributed by atoms with Crippen molar-refractivity contribution < 1.29 is 19.1 Å². The molecule has 0 radical (unpaired) electrons. The lowest BCUT2D eigenvalue weighted by atomic mass is 10.1. The van der Waals surface area contributed by atoms with E-state index in [0.717, 1.165) is 4.47 Å². The zero-order chi connectivity index (χ0) is 15.8. The van der Waals surface area contributed by atoms with Gasteiger partial charge in [-0.15, -0.1) is 0 Å². The van der Waals surface area contributed by atoms with Crippen molar-refractivity contribution in [2.75, 3.05) is 13.2 Å². The number of rotatable bonds is 6. The van der Waals surface area contributed by atoms with Gasteiger partial charge in [0.15, 0.2) is 13.2 Å². The first-order chi connectivity index (χ1) is 9.93. The number of ketones is 1. The third kappa shape index (κ3) is 5.67. The largest absolute Gasteiger partial charge is 0.482 e. The Hall–Kier alpha value is -2.33. The summed E-state index contributed by atoms with van der Waals surface area (Å²) in [5.74, 6) is -0.857. The number of allylic oxidation sites excluding steroid dienone is 1. The van der Waals surface area contributed by atoms with E-state index in [1.54, 1.807) is 30.3 Å². The smallest absolute Gasteiger partial charge is 0.344 e. The average molecular weight is 353 g/mol. The molecule has 0 aliphatic carbocycles. The molecule has 1 aromatic carbocycles. The van der Waals surface area contributed by atoms with Gasteiger partial charge in [0.05, 0.1) is 0 Å². The van der Waals surface area contributed by atoms with Crippen LogP contribution in [0.5, 0.6) is 5.75 Å². The molecule has 1 rings (SSSR count). The minimum atomic E-state index is -0.710. The SMILES string of the molecule is C/C(N)=C(\C#N)C(=O)COC(=O)COc1ccc(Br)cc1. The molecule has 6 nitrogen and oxygen atoms in total. The fourth-order valence-electron chi connectivity index (χ4n) is 1.30. The molecule has 2 N–H and O–H groups in total. The fraction of sp³-hybridized carbons (Fsp3) is 0.214. The van der Waals surface area contributed by atoms with Gasteiger partial charge >= 0.3 is 5.97 Å². The maximum absolute atomic E-state index is 11.5. The normalized spacial score (nSPS) is 11.1. The average Bonchev–Trinajstić information content (AvgIpc) is 2.45. The van der Waals surface area contributed by atoms with Crippen molar-refractivity contribution in [2.24, 2.45) is 5.73 Å². The van der Waals surface area contributed by atoms with Crippen LogP contribution >= 0.6 is 15.9 Å². The summed E-state index contributed by atoms with van der Waals surface area (Å²) in [7, 11) is 0. The van der Waals surface area contributed by atoms with Crippen molar-refractivity contribution in [2.45, 2.75) is 6.92 Å². The predicted molar refractivity (Wildman–Crippen MR) is 78.1 cm³/mol. The number of benzene rings is 1. The number of esters is 1. The van der Waals surface area contributed by atoms with Crippen molar-refractivity contribution in [3.63, 3.8) is 0 Å². The molecule has 0 heterocycles. The molecule has 0 fully saturated rings. The molecule has 110 valence electrons. The monoisotopic (exact) mass is 352 g/mol. The molecule has 0 aliphatic heterocycles. The van der Waals surface area contributed by atoms with Gasteiger partial charge in [0, 0.05) is 10.2 Å². The Balaban J connectivity index is 2.42. The van der Waals surface area contributed by atoms with Gasteiger partial charge in [-0.05, 0) is 31.2 Å². The summed E-state index contributed by atoms with van der Waals surface area (Å²) >= 11 is 3.27. The third-order valence-electron chi connectivity index (χ3n) is 2.32. The standard InChI is InChI=1S/C14H13BrN2O4/c1-9(17)12(6-16)13(18)7-21-14(19)8-20-11-4-2-10(15)3-5-11/h2-5H,7-8,17H2,1H3/b12-9-. The molecule has 0 spiro atoms. The molecule has 0 saturated carbocycles. The second kappa shape index (κ2) is 8.07. The highest BCUT2D eigenvalue weighted by molar-refractivity contribution is 9.10. The van der Waals surface area contributed by atoms with E-state index in [0.29, 0.717) is 5.75 Å². The minimum absolute atomic E-state index is 0.0876. The number of hydrogen-bond donors (Lipinski definition) is 1. The Morgan fingerprint density at radius 2 is 1.90 bits per heavy atom. The van der Waals surface area contributed by atoms with Crippen molar-refractivity contribution in [3.05, 3.63) is 40.0 Å². The van der Waals surface area contributed by atoms with Gasteiger partial charge in [-0.2, -0.15) is 5.26 Å².